The van der Waals surface area contributed by atoms with Crippen molar-refractivity contribution in [2.24, 2.45) is 57.2 Å². The van der Waals surface area contributed by atoms with E-state index < -0.39 is 11.2 Å². The third-order valence-electron chi connectivity index (χ3n) is 14.1. The van der Waals surface area contributed by atoms with Crippen LogP contribution in [0.4, 0.5) is 0 Å². The first-order valence-electron chi connectivity index (χ1n) is 18.6. The van der Waals surface area contributed by atoms with Gasteiger partial charge >= 0.3 is 11.9 Å². The van der Waals surface area contributed by atoms with Gasteiger partial charge in [0, 0.05) is 11.8 Å². The molecule has 0 N–H and O–H groups in total. The molecule has 6 aliphatic carbocycles. The Morgan fingerprint density at radius 1 is 0.682 bits per heavy atom. The molecule has 9 atom stereocenters. The van der Waals surface area contributed by atoms with E-state index in [0.29, 0.717) is 54.1 Å². The van der Waals surface area contributed by atoms with Crippen LogP contribution in [-0.2, 0) is 28.5 Å². The molecule has 0 radical (unpaired) electrons. The molecule has 0 aromatic rings. The van der Waals surface area contributed by atoms with E-state index in [2.05, 4.69) is 27.7 Å². The van der Waals surface area contributed by atoms with Crippen molar-refractivity contribution < 1.29 is 28.5 Å². The van der Waals surface area contributed by atoms with E-state index in [4.69, 9.17) is 18.9 Å². The first kappa shape index (κ1) is 31.5. The van der Waals surface area contributed by atoms with Crippen LogP contribution >= 0.6 is 0 Å². The second-order valence-electron chi connectivity index (χ2n) is 18.2. The molecule has 1 saturated heterocycles. The van der Waals surface area contributed by atoms with Crippen molar-refractivity contribution in [1.82, 2.24) is 0 Å². The molecule has 1 heterocycles. The highest BCUT2D eigenvalue weighted by Crippen LogP contribution is 2.59. The molecule has 0 amide bonds. The number of hydrogen-bond donors (Lipinski definition) is 0. The van der Waals surface area contributed by atoms with Crippen molar-refractivity contribution in [2.45, 2.75) is 143 Å². The Kier molecular flexibility index (Phi) is 8.24. The van der Waals surface area contributed by atoms with Crippen LogP contribution in [0.5, 0.6) is 0 Å². The fourth-order valence-electron chi connectivity index (χ4n) is 12.4. The molecule has 248 valence electrons. The molecule has 7 fully saturated rings. The molecular formula is C38H60O6. The van der Waals surface area contributed by atoms with E-state index in [9.17, 15) is 9.59 Å². The Morgan fingerprint density at radius 3 is 1.75 bits per heavy atom. The minimum Gasteiger partial charge on any atom is -0.464 e. The Hall–Kier alpha value is -1.14. The zero-order valence-electron chi connectivity index (χ0n) is 28.3. The largest absolute Gasteiger partial charge is 0.464 e. The van der Waals surface area contributed by atoms with Crippen LogP contribution in [-0.4, -0.2) is 44.2 Å². The van der Waals surface area contributed by atoms with Gasteiger partial charge in [-0.1, -0.05) is 59.8 Å². The molecule has 7 rings (SSSR count). The quantitative estimate of drug-likeness (QED) is 0.281. The van der Waals surface area contributed by atoms with Gasteiger partial charge in [0.2, 0.25) is 0 Å². The maximum atomic E-state index is 13.9. The molecule has 1 aliphatic heterocycles. The van der Waals surface area contributed by atoms with E-state index in [1.165, 1.54) is 38.5 Å². The summed E-state index contributed by atoms with van der Waals surface area (Å²) in [7, 11) is 0. The standard InChI is InChI=1S/C38H60O6/c1-26-14-29-8-5-12-36(16-26,19-29)32(39)41-22-35(23-42-33(40)37-13-6-9-30(20-37)15-27(2)17-37)24-43-38(44-25-35)28(3)18-34(4)11-7-10-31(38)21-34/h26-31H,5-25H2,1-4H3. The monoisotopic (exact) mass is 612 g/mol. The first-order chi connectivity index (χ1) is 21.0. The van der Waals surface area contributed by atoms with Gasteiger partial charge in [0.05, 0.1) is 29.5 Å². The van der Waals surface area contributed by atoms with Crippen LogP contribution in [0.1, 0.15) is 137 Å². The van der Waals surface area contributed by atoms with Crippen LogP contribution in [0, 0.1) is 57.2 Å². The second-order valence-corrected chi connectivity index (χ2v) is 18.2. The lowest BCUT2D eigenvalue weighted by molar-refractivity contribution is -0.373. The van der Waals surface area contributed by atoms with Gasteiger partial charge in [-0.05, 0) is 106 Å². The molecule has 6 nitrogen and oxygen atoms in total. The number of carbonyl (C=O) groups excluding carboxylic acids is 2. The van der Waals surface area contributed by atoms with E-state index >= 15 is 0 Å². The Labute approximate surface area is 266 Å². The number of ether oxygens (including phenoxy) is 4. The molecule has 6 heteroatoms. The summed E-state index contributed by atoms with van der Waals surface area (Å²) in [4.78, 5) is 27.9. The molecule has 9 unspecified atom stereocenters. The highest BCUT2D eigenvalue weighted by molar-refractivity contribution is 5.78. The lowest BCUT2D eigenvalue weighted by Gasteiger charge is -2.59. The van der Waals surface area contributed by atoms with Gasteiger partial charge in [-0.25, -0.2) is 0 Å². The van der Waals surface area contributed by atoms with Gasteiger partial charge in [0.25, 0.3) is 0 Å². The van der Waals surface area contributed by atoms with Gasteiger partial charge in [-0.15, -0.1) is 0 Å². The zero-order chi connectivity index (χ0) is 30.8. The normalized spacial score (nSPS) is 50.1. The smallest absolute Gasteiger partial charge is 0.312 e. The molecule has 6 bridgehead atoms. The predicted octanol–water partition coefficient (Wildman–Crippen LogP) is 8.25. The lowest BCUT2D eigenvalue weighted by Crippen LogP contribution is -2.63. The minimum atomic E-state index is -0.679. The summed E-state index contributed by atoms with van der Waals surface area (Å²) in [6, 6.07) is 0. The van der Waals surface area contributed by atoms with E-state index in [1.807, 2.05) is 0 Å². The molecule has 44 heavy (non-hydrogen) atoms. The summed E-state index contributed by atoms with van der Waals surface area (Å²) < 4.78 is 26.5. The molecule has 7 aliphatic rings. The van der Waals surface area contributed by atoms with Gasteiger partial charge in [-0.2, -0.15) is 0 Å². The lowest BCUT2D eigenvalue weighted by atomic mass is 9.57. The SMILES string of the molecule is CC1CC2CCCC(C(=O)OCC3(COC(=O)C45CCCC(CC(C)C4)C5)COC4(OC3)C(C)CC3(C)CCCC4C3)(C1)C2. The molecular weight excluding hydrogens is 552 g/mol. The highest BCUT2D eigenvalue weighted by Gasteiger charge is 2.60. The van der Waals surface area contributed by atoms with Gasteiger partial charge in [0.1, 0.15) is 13.2 Å². The fourth-order valence-corrected chi connectivity index (χ4v) is 12.4. The topological polar surface area (TPSA) is 71.1 Å². The van der Waals surface area contributed by atoms with Crippen LogP contribution < -0.4 is 0 Å². The van der Waals surface area contributed by atoms with Crippen LogP contribution in [0.15, 0.2) is 0 Å². The summed E-state index contributed by atoms with van der Waals surface area (Å²) in [6.07, 6.45) is 18.8. The summed E-state index contributed by atoms with van der Waals surface area (Å²) in [5, 5.41) is 0. The second kappa shape index (κ2) is 11.5. The third-order valence-corrected chi connectivity index (χ3v) is 14.1. The average Bonchev–Trinajstić information content (AvgIpc) is 2.97. The van der Waals surface area contributed by atoms with Crippen molar-refractivity contribution in [3.8, 4) is 0 Å². The molecule has 0 aromatic heterocycles. The molecule has 6 saturated carbocycles. The summed E-state index contributed by atoms with van der Waals surface area (Å²) in [5.41, 5.74) is -1.01. The van der Waals surface area contributed by atoms with Crippen LogP contribution in [0.25, 0.3) is 0 Å². The molecule has 0 aromatic carbocycles. The maximum absolute atomic E-state index is 13.9. The summed E-state index contributed by atoms with van der Waals surface area (Å²) >= 11 is 0. The van der Waals surface area contributed by atoms with Gasteiger partial charge in [-0.3, -0.25) is 9.59 Å². The Morgan fingerprint density at radius 2 is 1.20 bits per heavy atom. The van der Waals surface area contributed by atoms with Gasteiger partial charge < -0.3 is 18.9 Å². The first-order valence-corrected chi connectivity index (χ1v) is 18.6. The Bertz CT molecular complexity index is 1030. The van der Waals surface area contributed by atoms with E-state index in [1.54, 1.807) is 0 Å². The van der Waals surface area contributed by atoms with Crippen LogP contribution in [0.3, 0.4) is 0 Å². The number of esters is 2. The predicted molar refractivity (Wildman–Crippen MR) is 168 cm³/mol. The van der Waals surface area contributed by atoms with E-state index in [0.717, 1.165) is 70.6 Å². The number of rotatable bonds is 6. The van der Waals surface area contributed by atoms with Crippen molar-refractivity contribution in [3.05, 3.63) is 0 Å². The van der Waals surface area contributed by atoms with Crippen LogP contribution in [0.2, 0.25) is 0 Å². The molecule has 1 spiro atoms. The van der Waals surface area contributed by atoms with Crippen molar-refractivity contribution >= 4 is 11.9 Å². The number of hydrogen-bond acceptors (Lipinski definition) is 6. The van der Waals surface area contributed by atoms with Crippen molar-refractivity contribution in [1.29, 1.82) is 0 Å². The van der Waals surface area contributed by atoms with Crippen molar-refractivity contribution in [3.63, 3.8) is 0 Å². The fraction of sp³-hybridized carbons (Fsp3) is 0.947. The number of carbonyl (C=O) groups is 2. The van der Waals surface area contributed by atoms with E-state index in [-0.39, 0.29) is 36.0 Å². The minimum absolute atomic E-state index is 0.0383. The maximum Gasteiger partial charge on any atom is 0.312 e. The van der Waals surface area contributed by atoms with Gasteiger partial charge in [0.15, 0.2) is 5.79 Å². The number of fused-ring (bicyclic) bond motifs is 7. The zero-order valence-corrected chi connectivity index (χ0v) is 28.3. The Balaban J connectivity index is 1.08. The summed E-state index contributed by atoms with van der Waals surface area (Å²) in [5.74, 6) is 2.43. The third kappa shape index (κ3) is 5.58. The van der Waals surface area contributed by atoms with Crippen molar-refractivity contribution in [2.75, 3.05) is 26.4 Å². The highest BCUT2D eigenvalue weighted by atomic mass is 16.7. The summed E-state index contributed by atoms with van der Waals surface area (Å²) in [6.45, 7) is 10.5. The average molecular weight is 613 g/mol.